The van der Waals surface area contributed by atoms with Crippen LogP contribution in [0.25, 0.3) is 0 Å². The van der Waals surface area contributed by atoms with Crippen LogP contribution in [0, 0.1) is 5.92 Å². The Hall–Kier alpha value is 0.200. The van der Waals surface area contributed by atoms with Crippen LogP contribution in [0.15, 0.2) is 0 Å². The van der Waals surface area contributed by atoms with E-state index in [9.17, 15) is 9.59 Å². The first kappa shape index (κ1) is 19.5. The second-order valence-corrected chi connectivity index (χ2v) is 4.14. The maximum absolute atomic E-state index is 10.6. The summed E-state index contributed by atoms with van der Waals surface area (Å²) in [5.74, 6) is -3.67. The van der Waals surface area contributed by atoms with Crippen LogP contribution < -0.4 is 0 Å². The minimum absolute atomic E-state index is 0. The van der Waals surface area contributed by atoms with Gasteiger partial charge in [-0.15, -0.1) is 0 Å². The van der Waals surface area contributed by atoms with E-state index in [0.29, 0.717) is 6.42 Å². The molecule has 0 amide bonds. The molecule has 0 aliphatic heterocycles. The fourth-order valence-corrected chi connectivity index (χ4v) is 1.66. The molecule has 0 spiro atoms. The number of hydrogen-bond donors (Lipinski definition) is 2. The van der Waals surface area contributed by atoms with E-state index in [1.54, 1.807) is 0 Å². The molecule has 0 aliphatic rings. The molecule has 0 bridgehead atoms. The monoisotopic (exact) mass is 272 g/mol. The van der Waals surface area contributed by atoms with Crippen LogP contribution in [0.3, 0.4) is 0 Å². The van der Waals surface area contributed by atoms with Gasteiger partial charge in [-0.2, -0.15) is 0 Å². The Labute approximate surface area is 133 Å². The van der Waals surface area contributed by atoms with E-state index in [4.69, 9.17) is 10.2 Å². The van der Waals surface area contributed by atoms with Crippen LogP contribution in [0.5, 0.6) is 0 Å². The summed E-state index contributed by atoms with van der Waals surface area (Å²) >= 11 is 0. The van der Waals surface area contributed by atoms with Gasteiger partial charge >= 0.3 is 49.7 Å². The van der Waals surface area contributed by atoms with Gasteiger partial charge in [-0.25, -0.2) is 0 Å². The third-order valence-corrected chi connectivity index (χ3v) is 2.69. The number of aliphatic carboxylic acids is 2. The van der Waals surface area contributed by atoms with Crippen LogP contribution in [0.4, 0.5) is 0 Å². The average molecular weight is 272 g/mol. The zero-order chi connectivity index (χ0) is 12.4. The van der Waals surface area contributed by atoms with Crippen molar-refractivity contribution in [3.05, 3.63) is 0 Å². The van der Waals surface area contributed by atoms with E-state index >= 15 is 0 Å². The first-order valence-electron chi connectivity index (χ1n) is 6.05. The number of carboxylic acid groups (broad SMARTS) is 2. The summed E-state index contributed by atoms with van der Waals surface area (Å²) in [6, 6.07) is 0. The van der Waals surface area contributed by atoms with Crippen molar-refractivity contribution in [3.8, 4) is 0 Å². The van der Waals surface area contributed by atoms with Crippen LogP contribution in [0.1, 0.15) is 58.3 Å². The van der Waals surface area contributed by atoms with Gasteiger partial charge in [-0.05, 0) is 6.42 Å². The van der Waals surface area contributed by atoms with Crippen LogP contribution >= 0.6 is 0 Å². The van der Waals surface area contributed by atoms with E-state index in [-0.39, 0.29) is 44.2 Å². The van der Waals surface area contributed by atoms with Gasteiger partial charge in [0, 0.05) is 0 Å². The number of carbonyl (C=O) groups is 2. The molecule has 0 heterocycles. The molecule has 0 saturated carbocycles. The predicted octanol–water partition coefficient (Wildman–Crippen LogP) is 2.00. The molecule has 4 nitrogen and oxygen atoms in total. The standard InChI is InChI=1S/C12H22O4.Ca.2H/c1-2-3-4-5-6-7-8-9-10(11(13)14)12(15)16;;;/h10H,2-9H2,1H3,(H,13,14)(H,15,16);;;. The number of carboxylic acids is 2. The van der Waals surface area contributed by atoms with Gasteiger partial charge in [-0.1, -0.05) is 51.9 Å². The van der Waals surface area contributed by atoms with Gasteiger partial charge < -0.3 is 10.2 Å². The van der Waals surface area contributed by atoms with Crippen LogP contribution in [-0.4, -0.2) is 59.9 Å². The van der Waals surface area contributed by atoms with Crippen molar-refractivity contribution in [1.29, 1.82) is 0 Å². The quantitative estimate of drug-likeness (QED) is 0.362. The number of rotatable bonds is 10. The minimum atomic E-state index is -1.23. The fourth-order valence-electron chi connectivity index (χ4n) is 1.66. The average Bonchev–Trinajstić information content (AvgIpc) is 2.21. The van der Waals surface area contributed by atoms with Gasteiger partial charge in [-0.3, -0.25) is 9.59 Å². The Bertz CT molecular complexity index is 205. The van der Waals surface area contributed by atoms with Crippen molar-refractivity contribution < 1.29 is 19.8 Å². The van der Waals surface area contributed by atoms with Crippen molar-refractivity contribution >= 4 is 49.7 Å². The normalized spacial score (nSPS) is 10.0. The Kier molecular flexibility index (Phi) is 14.5. The Morgan fingerprint density at radius 2 is 1.29 bits per heavy atom. The van der Waals surface area contributed by atoms with E-state index < -0.39 is 17.9 Å². The third kappa shape index (κ3) is 11.0. The number of hydrogen-bond acceptors (Lipinski definition) is 2. The van der Waals surface area contributed by atoms with Gasteiger partial charge in [0.25, 0.3) is 0 Å². The van der Waals surface area contributed by atoms with E-state index in [0.717, 1.165) is 12.8 Å². The summed E-state index contributed by atoms with van der Waals surface area (Å²) in [5, 5.41) is 17.3. The van der Waals surface area contributed by atoms with Crippen LogP contribution in [-0.2, 0) is 9.59 Å². The van der Waals surface area contributed by atoms with Gasteiger partial charge in [0.2, 0.25) is 0 Å². The summed E-state index contributed by atoms with van der Waals surface area (Å²) in [6.45, 7) is 2.16. The fraction of sp³-hybridized carbons (Fsp3) is 0.833. The molecule has 0 aromatic heterocycles. The molecular formula is C12H24CaO4. The zero-order valence-electron chi connectivity index (χ0n) is 9.95. The summed E-state index contributed by atoms with van der Waals surface area (Å²) in [6.07, 6.45) is 7.78. The molecule has 0 rings (SSSR count). The third-order valence-electron chi connectivity index (χ3n) is 2.69. The van der Waals surface area contributed by atoms with Crippen molar-refractivity contribution in [2.45, 2.75) is 58.3 Å². The molecule has 0 unspecified atom stereocenters. The first-order chi connectivity index (χ1) is 7.59. The van der Waals surface area contributed by atoms with Gasteiger partial charge in [0.1, 0.15) is 0 Å². The van der Waals surface area contributed by atoms with E-state index in [1.807, 2.05) is 0 Å². The molecule has 98 valence electrons. The molecule has 0 atom stereocenters. The zero-order valence-corrected chi connectivity index (χ0v) is 9.95. The van der Waals surface area contributed by atoms with Gasteiger partial charge in [0.05, 0.1) is 0 Å². The van der Waals surface area contributed by atoms with Crippen molar-refractivity contribution in [2.75, 3.05) is 0 Å². The van der Waals surface area contributed by atoms with Crippen molar-refractivity contribution in [1.82, 2.24) is 0 Å². The molecule has 0 aromatic carbocycles. The second-order valence-electron chi connectivity index (χ2n) is 4.14. The topological polar surface area (TPSA) is 74.6 Å². The number of unbranched alkanes of at least 4 members (excludes halogenated alkanes) is 6. The molecule has 0 saturated heterocycles. The van der Waals surface area contributed by atoms with Crippen molar-refractivity contribution in [3.63, 3.8) is 0 Å². The molecule has 0 fully saturated rings. The summed E-state index contributed by atoms with van der Waals surface area (Å²) < 4.78 is 0. The van der Waals surface area contributed by atoms with E-state index in [2.05, 4.69) is 6.92 Å². The molecule has 17 heavy (non-hydrogen) atoms. The Morgan fingerprint density at radius 1 is 0.882 bits per heavy atom. The summed E-state index contributed by atoms with van der Waals surface area (Å²) in [4.78, 5) is 21.1. The van der Waals surface area contributed by atoms with E-state index in [1.165, 1.54) is 25.7 Å². The molecule has 2 N–H and O–H groups in total. The van der Waals surface area contributed by atoms with Gasteiger partial charge in [0.15, 0.2) is 5.92 Å². The molecule has 0 aliphatic carbocycles. The maximum atomic E-state index is 10.6. The van der Waals surface area contributed by atoms with Crippen molar-refractivity contribution in [2.24, 2.45) is 5.92 Å². The molecular weight excluding hydrogens is 248 g/mol. The Balaban J connectivity index is 0. The SMILES string of the molecule is CCCCCCCCCC(C(=O)O)C(=O)O.[CaH2]. The second kappa shape index (κ2) is 12.7. The molecule has 0 aromatic rings. The predicted molar refractivity (Wildman–Crippen MR) is 69.9 cm³/mol. The van der Waals surface area contributed by atoms with Crippen LogP contribution in [0.2, 0.25) is 0 Å². The Morgan fingerprint density at radius 3 is 1.71 bits per heavy atom. The summed E-state index contributed by atoms with van der Waals surface area (Å²) in [7, 11) is 0. The first-order valence-corrected chi connectivity index (χ1v) is 6.05. The summed E-state index contributed by atoms with van der Waals surface area (Å²) in [5.41, 5.74) is 0. The molecule has 0 radical (unpaired) electrons. The molecule has 5 heteroatoms.